The maximum atomic E-state index is 12.7. The van der Waals surface area contributed by atoms with Crippen molar-refractivity contribution >= 4 is 34.1 Å². The number of amides is 1. The Bertz CT molecular complexity index is 964. The fraction of sp³-hybridized carbons (Fsp3) is 0.158. The predicted octanol–water partition coefficient (Wildman–Crippen LogP) is 3.95. The molecule has 0 bridgehead atoms. The molecule has 0 aliphatic rings. The van der Waals surface area contributed by atoms with Gasteiger partial charge >= 0.3 is 0 Å². The lowest BCUT2D eigenvalue weighted by molar-refractivity contribution is 0.0993. The van der Waals surface area contributed by atoms with Crippen molar-refractivity contribution < 1.29 is 4.79 Å². The molecule has 4 nitrogen and oxygen atoms in total. The van der Waals surface area contributed by atoms with Crippen LogP contribution in [-0.4, -0.2) is 17.5 Å². The summed E-state index contributed by atoms with van der Waals surface area (Å²) in [4.78, 5) is 26.4. The molecule has 5 heteroatoms. The van der Waals surface area contributed by atoms with E-state index in [2.05, 4.69) is 0 Å². The maximum Gasteiger partial charge on any atom is 0.269 e. The van der Waals surface area contributed by atoms with Crippen molar-refractivity contribution in [3.8, 4) is 0 Å². The number of hydrogen-bond donors (Lipinski definition) is 0. The number of aryl methyl sites for hydroxylation is 1. The molecule has 1 amide bonds. The topological polar surface area (TPSA) is 42.3 Å². The summed E-state index contributed by atoms with van der Waals surface area (Å²) in [6, 6.07) is 16.4. The minimum Gasteiger partial charge on any atom is -0.311 e. The molecule has 0 atom stereocenters. The molecule has 0 radical (unpaired) electrons. The van der Waals surface area contributed by atoms with Crippen LogP contribution in [0.3, 0.4) is 0 Å². The SMILES string of the molecule is CCn1c(=O)c(Cl)cc2cc(C(=O)N(C)c3ccccc3)ccc21. The van der Waals surface area contributed by atoms with Crippen molar-refractivity contribution in [1.29, 1.82) is 0 Å². The number of halogens is 1. The van der Waals surface area contributed by atoms with Gasteiger partial charge < -0.3 is 9.47 Å². The van der Waals surface area contributed by atoms with Gasteiger partial charge in [0.05, 0.1) is 5.52 Å². The van der Waals surface area contributed by atoms with Crippen LogP contribution in [0.1, 0.15) is 17.3 Å². The van der Waals surface area contributed by atoms with E-state index in [1.807, 2.05) is 37.3 Å². The largest absolute Gasteiger partial charge is 0.311 e. The van der Waals surface area contributed by atoms with Crippen molar-refractivity contribution in [3.63, 3.8) is 0 Å². The molecule has 1 heterocycles. The van der Waals surface area contributed by atoms with Gasteiger partial charge in [0, 0.05) is 30.2 Å². The molecule has 0 saturated heterocycles. The summed E-state index contributed by atoms with van der Waals surface area (Å²) < 4.78 is 1.60. The van der Waals surface area contributed by atoms with Crippen LogP contribution in [0.15, 0.2) is 59.4 Å². The Morgan fingerprint density at radius 1 is 1.12 bits per heavy atom. The maximum absolute atomic E-state index is 12.7. The van der Waals surface area contributed by atoms with Gasteiger partial charge in [0.15, 0.2) is 0 Å². The predicted molar refractivity (Wildman–Crippen MR) is 98.1 cm³/mol. The Balaban J connectivity index is 2.07. The van der Waals surface area contributed by atoms with Gasteiger partial charge in [0.1, 0.15) is 5.02 Å². The standard InChI is InChI=1S/C19H17ClN2O2/c1-3-22-17-10-9-13(11-14(17)12-16(20)19(22)24)18(23)21(2)15-7-5-4-6-8-15/h4-12H,3H2,1-2H3. The quantitative estimate of drug-likeness (QED) is 0.724. The van der Waals surface area contributed by atoms with Crippen LogP contribution in [0.4, 0.5) is 5.69 Å². The summed E-state index contributed by atoms with van der Waals surface area (Å²) >= 11 is 6.03. The molecule has 0 N–H and O–H groups in total. The summed E-state index contributed by atoms with van der Waals surface area (Å²) in [5.41, 5.74) is 1.92. The van der Waals surface area contributed by atoms with Crippen molar-refractivity contribution in [2.75, 3.05) is 11.9 Å². The molecule has 1 aromatic heterocycles. The number of rotatable bonds is 3. The summed E-state index contributed by atoms with van der Waals surface area (Å²) in [5.74, 6) is -0.117. The van der Waals surface area contributed by atoms with E-state index in [-0.39, 0.29) is 16.5 Å². The van der Waals surface area contributed by atoms with Crippen LogP contribution in [-0.2, 0) is 6.54 Å². The Morgan fingerprint density at radius 3 is 2.50 bits per heavy atom. The Hall–Kier alpha value is -2.59. The number of hydrogen-bond acceptors (Lipinski definition) is 2. The van der Waals surface area contributed by atoms with E-state index in [4.69, 9.17) is 11.6 Å². The molecule has 3 aromatic rings. The van der Waals surface area contributed by atoms with E-state index in [0.29, 0.717) is 12.1 Å². The first kappa shape index (κ1) is 16.3. The normalized spacial score (nSPS) is 10.8. The smallest absolute Gasteiger partial charge is 0.269 e. The molecule has 3 rings (SSSR count). The molecule has 0 aliphatic heterocycles. The van der Waals surface area contributed by atoms with E-state index < -0.39 is 0 Å². The number of aromatic nitrogens is 1. The highest BCUT2D eigenvalue weighted by atomic mass is 35.5. The summed E-state index contributed by atoms with van der Waals surface area (Å²) in [5, 5.41) is 0.930. The second-order valence-corrected chi connectivity index (χ2v) is 5.92. The van der Waals surface area contributed by atoms with Crippen molar-refractivity contribution in [1.82, 2.24) is 4.57 Å². The van der Waals surface area contributed by atoms with Crippen LogP contribution >= 0.6 is 11.6 Å². The van der Waals surface area contributed by atoms with Crippen LogP contribution < -0.4 is 10.5 Å². The second kappa shape index (κ2) is 6.49. The van der Waals surface area contributed by atoms with Crippen LogP contribution in [0.2, 0.25) is 5.02 Å². The van der Waals surface area contributed by atoms with Gasteiger partial charge in [-0.15, -0.1) is 0 Å². The highest BCUT2D eigenvalue weighted by Crippen LogP contribution is 2.21. The number of anilines is 1. The first-order valence-corrected chi connectivity index (χ1v) is 8.07. The van der Waals surface area contributed by atoms with Crippen molar-refractivity contribution in [2.24, 2.45) is 0 Å². The minimum atomic E-state index is -0.216. The molecule has 0 aliphatic carbocycles. The Morgan fingerprint density at radius 2 is 1.83 bits per heavy atom. The number of fused-ring (bicyclic) bond motifs is 1. The fourth-order valence-corrected chi connectivity index (χ4v) is 2.98. The first-order chi connectivity index (χ1) is 11.5. The molecule has 0 saturated carbocycles. The molecule has 0 fully saturated rings. The van der Waals surface area contributed by atoms with Crippen LogP contribution in [0, 0.1) is 0 Å². The van der Waals surface area contributed by atoms with Gasteiger partial charge in [0.25, 0.3) is 11.5 Å². The van der Waals surface area contributed by atoms with E-state index in [1.165, 1.54) is 0 Å². The summed E-state index contributed by atoms with van der Waals surface area (Å²) in [7, 11) is 1.74. The molecule has 0 spiro atoms. The lowest BCUT2D eigenvalue weighted by Crippen LogP contribution is -2.26. The summed E-state index contributed by atoms with van der Waals surface area (Å²) in [6.45, 7) is 2.41. The fourth-order valence-electron chi connectivity index (χ4n) is 2.76. The number of carbonyl (C=O) groups excluding carboxylic acids is 1. The van der Waals surface area contributed by atoms with Crippen molar-refractivity contribution in [3.05, 3.63) is 75.5 Å². The van der Waals surface area contributed by atoms with Gasteiger partial charge in [0.2, 0.25) is 0 Å². The van der Waals surface area contributed by atoms with E-state index in [1.54, 1.807) is 40.8 Å². The van der Waals surface area contributed by atoms with Crippen molar-refractivity contribution in [2.45, 2.75) is 13.5 Å². The lowest BCUT2D eigenvalue weighted by atomic mass is 10.1. The van der Waals surface area contributed by atoms with Crippen LogP contribution in [0.5, 0.6) is 0 Å². The molecule has 0 unspecified atom stereocenters. The number of benzene rings is 2. The third-order valence-electron chi connectivity index (χ3n) is 4.06. The lowest BCUT2D eigenvalue weighted by Gasteiger charge is -2.18. The zero-order valence-electron chi connectivity index (χ0n) is 13.5. The average Bonchev–Trinajstić information content (AvgIpc) is 2.62. The molecule has 122 valence electrons. The Kier molecular flexibility index (Phi) is 4.40. The summed E-state index contributed by atoms with van der Waals surface area (Å²) in [6.07, 6.45) is 0. The zero-order valence-corrected chi connectivity index (χ0v) is 14.2. The van der Waals surface area contributed by atoms with E-state index in [0.717, 1.165) is 16.6 Å². The van der Waals surface area contributed by atoms with Gasteiger partial charge in [-0.1, -0.05) is 29.8 Å². The first-order valence-electron chi connectivity index (χ1n) is 7.69. The highest BCUT2D eigenvalue weighted by molar-refractivity contribution is 6.31. The van der Waals surface area contributed by atoms with Gasteiger partial charge in [-0.2, -0.15) is 0 Å². The van der Waals surface area contributed by atoms with Gasteiger partial charge in [-0.25, -0.2) is 0 Å². The molecule has 2 aromatic carbocycles. The highest BCUT2D eigenvalue weighted by Gasteiger charge is 2.15. The second-order valence-electron chi connectivity index (χ2n) is 5.52. The zero-order chi connectivity index (χ0) is 17.3. The third-order valence-corrected chi connectivity index (χ3v) is 4.33. The number of carbonyl (C=O) groups is 1. The number of pyridine rings is 1. The molecular weight excluding hydrogens is 324 g/mol. The van der Waals surface area contributed by atoms with Crippen LogP contribution in [0.25, 0.3) is 10.9 Å². The average molecular weight is 341 g/mol. The number of para-hydroxylation sites is 1. The van der Waals surface area contributed by atoms with Gasteiger partial charge in [-0.3, -0.25) is 9.59 Å². The third kappa shape index (κ3) is 2.81. The van der Waals surface area contributed by atoms with E-state index in [9.17, 15) is 9.59 Å². The Labute approximate surface area is 144 Å². The minimum absolute atomic E-state index is 0.117. The molecular formula is C19H17ClN2O2. The monoisotopic (exact) mass is 340 g/mol. The van der Waals surface area contributed by atoms with E-state index >= 15 is 0 Å². The number of nitrogens with zero attached hydrogens (tertiary/aromatic N) is 2. The van der Waals surface area contributed by atoms with Gasteiger partial charge in [-0.05, 0) is 43.3 Å². The molecule has 24 heavy (non-hydrogen) atoms.